The van der Waals surface area contributed by atoms with E-state index >= 15 is 0 Å². The lowest BCUT2D eigenvalue weighted by atomic mass is 10.1. The van der Waals surface area contributed by atoms with Crippen molar-refractivity contribution in [3.8, 4) is 0 Å². The maximum atomic E-state index is 4.49. The highest BCUT2D eigenvalue weighted by Crippen LogP contribution is 2.34. The van der Waals surface area contributed by atoms with Crippen LogP contribution < -0.4 is 10.6 Å². The summed E-state index contributed by atoms with van der Waals surface area (Å²) in [6, 6.07) is 0.536. The summed E-state index contributed by atoms with van der Waals surface area (Å²) in [5.41, 5.74) is 0. The molecule has 0 amide bonds. The molecule has 1 atom stereocenters. The van der Waals surface area contributed by atoms with Crippen molar-refractivity contribution in [1.82, 2.24) is 9.97 Å². The summed E-state index contributed by atoms with van der Waals surface area (Å²) in [4.78, 5) is 8.69. The summed E-state index contributed by atoms with van der Waals surface area (Å²) in [6.07, 6.45) is 8.78. The minimum atomic E-state index is 0.536. The van der Waals surface area contributed by atoms with Crippen molar-refractivity contribution in [3.63, 3.8) is 0 Å². The lowest BCUT2D eigenvalue weighted by molar-refractivity contribution is 0.585. The average Bonchev–Trinajstić information content (AvgIpc) is 3.13. The third-order valence-electron chi connectivity index (χ3n) is 3.15. The molecule has 1 aliphatic carbocycles. The van der Waals surface area contributed by atoms with Crippen LogP contribution in [0.3, 0.4) is 0 Å². The van der Waals surface area contributed by atoms with Crippen molar-refractivity contribution in [1.29, 1.82) is 0 Å². The van der Waals surface area contributed by atoms with Crippen molar-refractivity contribution in [3.05, 3.63) is 12.4 Å². The van der Waals surface area contributed by atoms with Gasteiger partial charge in [0.15, 0.2) is 0 Å². The Morgan fingerprint density at radius 1 is 1.29 bits per heavy atom. The molecule has 1 fully saturated rings. The molecule has 1 unspecified atom stereocenters. The Morgan fingerprint density at radius 2 is 2.06 bits per heavy atom. The molecule has 0 saturated heterocycles. The Hall–Kier alpha value is -1.32. The number of nitrogens with one attached hydrogen (secondary N) is 2. The van der Waals surface area contributed by atoms with Crippen LogP contribution in [0.5, 0.6) is 0 Å². The molecule has 94 valence electrons. The van der Waals surface area contributed by atoms with Gasteiger partial charge in [0, 0.05) is 12.6 Å². The smallest absolute Gasteiger partial charge is 0.147 e. The lowest BCUT2D eigenvalue weighted by Gasteiger charge is -2.17. The number of anilines is 2. The molecule has 1 aliphatic rings. The molecule has 4 heteroatoms. The van der Waals surface area contributed by atoms with Crippen molar-refractivity contribution in [2.45, 2.75) is 45.6 Å². The maximum Gasteiger partial charge on any atom is 0.147 e. The average molecular weight is 234 g/mol. The van der Waals surface area contributed by atoms with E-state index in [4.69, 9.17) is 0 Å². The second kappa shape index (κ2) is 5.84. The molecule has 2 N–H and O–H groups in total. The van der Waals surface area contributed by atoms with E-state index < -0.39 is 0 Å². The molecule has 0 bridgehead atoms. The first-order valence-electron chi connectivity index (χ1n) is 6.64. The van der Waals surface area contributed by atoms with Crippen LogP contribution in [0.25, 0.3) is 0 Å². The minimum Gasteiger partial charge on any atom is -0.369 e. The number of hydrogen-bond donors (Lipinski definition) is 2. The van der Waals surface area contributed by atoms with Crippen molar-refractivity contribution >= 4 is 11.6 Å². The zero-order chi connectivity index (χ0) is 12.1. The second-order valence-corrected chi connectivity index (χ2v) is 4.75. The van der Waals surface area contributed by atoms with Gasteiger partial charge < -0.3 is 10.6 Å². The molecule has 2 rings (SSSR count). The molecule has 1 saturated carbocycles. The van der Waals surface area contributed by atoms with E-state index in [1.54, 1.807) is 12.4 Å². The van der Waals surface area contributed by atoms with Crippen LogP contribution in [0, 0.1) is 5.92 Å². The van der Waals surface area contributed by atoms with Crippen LogP contribution in [0.15, 0.2) is 12.4 Å². The topological polar surface area (TPSA) is 49.8 Å². The summed E-state index contributed by atoms with van der Waals surface area (Å²) in [7, 11) is 0. The summed E-state index contributed by atoms with van der Waals surface area (Å²) < 4.78 is 0. The van der Waals surface area contributed by atoms with Crippen LogP contribution in [-0.4, -0.2) is 22.6 Å². The highest BCUT2D eigenvalue weighted by Gasteiger charge is 2.24. The third-order valence-corrected chi connectivity index (χ3v) is 3.15. The fourth-order valence-electron chi connectivity index (χ4n) is 1.99. The van der Waals surface area contributed by atoms with Crippen molar-refractivity contribution in [2.75, 3.05) is 17.2 Å². The molecule has 0 aromatic carbocycles. The van der Waals surface area contributed by atoms with Crippen LogP contribution >= 0.6 is 0 Å². The van der Waals surface area contributed by atoms with Gasteiger partial charge in [-0.05, 0) is 25.7 Å². The molecular weight excluding hydrogens is 212 g/mol. The number of nitrogens with zero attached hydrogens (tertiary/aromatic N) is 2. The predicted octanol–water partition coefficient (Wildman–Crippen LogP) is 2.90. The standard InChI is InChI=1S/C13H22N4/c1-3-11(7-10-5-6-10)16-13-9-14-8-12(17-13)15-4-2/h8-11H,3-7H2,1-2H3,(H2,15,16,17). The van der Waals surface area contributed by atoms with Gasteiger partial charge in [0.05, 0.1) is 12.4 Å². The molecule has 1 aromatic rings. The van der Waals surface area contributed by atoms with Gasteiger partial charge in [-0.1, -0.05) is 19.8 Å². The SMILES string of the molecule is CCNc1cncc(NC(CC)CC2CC2)n1. The van der Waals surface area contributed by atoms with Crippen molar-refractivity contribution < 1.29 is 0 Å². The molecule has 17 heavy (non-hydrogen) atoms. The predicted molar refractivity (Wildman–Crippen MR) is 71.2 cm³/mol. The first kappa shape index (κ1) is 12.1. The summed E-state index contributed by atoms with van der Waals surface area (Å²) in [6.45, 7) is 5.16. The molecule has 0 spiro atoms. The Kier molecular flexibility index (Phi) is 4.18. The van der Waals surface area contributed by atoms with Gasteiger partial charge in [-0.15, -0.1) is 0 Å². The number of hydrogen-bond acceptors (Lipinski definition) is 4. The van der Waals surface area contributed by atoms with Gasteiger partial charge in [-0.3, -0.25) is 4.98 Å². The second-order valence-electron chi connectivity index (χ2n) is 4.75. The van der Waals surface area contributed by atoms with E-state index in [9.17, 15) is 0 Å². The first-order chi connectivity index (χ1) is 8.31. The summed E-state index contributed by atoms with van der Waals surface area (Å²) in [5, 5.41) is 6.66. The molecule has 0 radical (unpaired) electrons. The maximum absolute atomic E-state index is 4.49. The number of rotatable bonds is 7. The molecule has 1 aromatic heterocycles. The third kappa shape index (κ3) is 3.88. The van der Waals surface area contributed by atoms with E-state index in [1.165, 1.54) is 19.3 Å². The Labute approximate surface area is 103 Å². The van der Waals surface area contributed by atoms with E-state index in [0.717, 1.165) is 30.5 Å². The van der Waals surface area contributed by atoms with Gasteiger partial charge in [0.1, 0.15) is 11.6 Å². The minimum absolute atomic E-state index is 0.536. The van der Waals surface area contributed by atoms with E-state index in [2.05, 4.69) is 34.4 Å². The fraction of sp³-hybridized carbons (Fsp3) is 0.692. The van der Waals surface area contributed by atoms with Crippen LogP contribution in [-0.2, 0) is 0 Å². The Bertz CT molecular complexity index is 349. The van der Waals surface area contributed by atoms with Gasteiger partial charge in [0.25, 0.3) is 0 Å². The largest absolute Gasteiger partial charge is 0.369 e. The summed E-state index contributed by atoms with van der Waals surface area (Å²) >= 11 is 0. The summed E-state index contributed by atoms with van der Waals surface area (Å²) in [5.74, 6) is 2.67. The molecule has 4 nitrogen and oxygen atoms in total. The Balaban J connectivity index is 1.92. The van der Waals surface area contributed by atoms with E-state index in [0.29, 0.717) is 6.04 Å². The monoisotopic (exact) mass is 234 g/mol. The zero-order valence-corrected chi connectivity index (χ0v) is 10.7. The van der Waals surface area contributed by atoms with Crippen LogP contribution in [0.2, 0.25) is 0 Å². The van der Waals surface area contributed by atoms with Crippen molar-refractivity contribution in [2.24, 2.45) is 5.92 Å². The lowest BCUT2D eigenvalue weighted by Crippen LogP contribution is -2.20. The molecule has 0 aliphatic heterocycles. The quantitative estimate of drug-likeness (QED) is 0.761. The number of aromatic nitrogens is 2. The normalized spacial score (nSPS) is 16.6. The van der Waals surface area contributed by atoms with Crippen LogP contribution in [0.1, 0.15) is 39.5 Å². The first-order valence-corrected chi connectivity index (χ1v) is 6.64. The fourth-order valence-corrected chi connectivity index (χ4v) is 1.99. The van der Waals surface area contributed by atoms with E-state index in [-0.39, 0.29) is 0 Å². The van der Waals surface area contributed by atoms with Gasteiger partial charge in [-0.2, -0.15) is 0 Å². The van der Waals surface area contributed by atoms with E-state index in [1.807, 2.05) is 0 Å². The highest BCUT2D eigenvalue weighted by molar-refractivity contribution is 5.42. The highest BCUT2D eigenvalue weighted by atomic mass is 15.1. The Morgan fingerprint density at radius 3 is 2.71 bits per heavy atom. The molecular formula is C13H22N4. The zero-order valence-electron chi connectivity index (χ0n) is 10.7. The van der Waals surface area contributed by atoms with Gasteiger partial charge >= 0.3 is 0 Å². The van der Waals surface area contributed by atoms with Gasteiger partial charge in [-0.25, -0.2) is 4.98 Å². The van der Waals surface area contributed by atoms with Crippen LogP contribution in [0.4, 0.5) is 11.6 Å². The molecule has 1 heterocycles. The van der Waals surface area contributed by atoms with Gasteiger partial charge in [0.2, 0.25) is 0 Å².